The van der Waals surface area contributed by atoms with Gasteiger partial charge in [0.2, 0.25) is 5.78 Å². The third kappa shape index (κ3) is 3.83. The summed E-state index contributed by atoms with van der Waals surface area (Å²) in [5.74, 6) is 2.21. The predicted octanol–water partition coefficient (Wildman–Crippen LogP) is 3.38. The summed E-state index contributed by atoms with van der Waals surface area (Å²) in [5.41, 5.74) is 2.48. The summed E-state index contributed by atoms with van der Waals surface area (Å²) in [6.07, 6.45) is 5.50. The fourth-order valence-electron chi connectivity index (χ4n) is 2.43. The minimum atomic E-state index is 0.650. The number of nitrogens with zero attached hydrogens (tertiary/aromatic N) is 4. The third-order valence-corrected chi connectivity index (χ3v) is 4.53. The molecule has 3 aromatic rings. The smallest absolute Gasteiger partial charge is 0.234 e. The number of hydrogen-bond acceptors (Lipinski definition) is 6. The van der Waals surface area contributed by atoms with E-state index in [1.807, 2.05) is 54.1 Å². The van der Waals surface area contributed by atoms with Crippen molar-refractivity contribution in [1.29, 1.82) is 0 Å². The van der Waals surface area contributed by atoms with Gasteiger partial charge in [-0.15, -0.1) is 11.8 Å². The molecule has 0 saturated heterocycles. The van der Waals surface area contributed by atoms with Gasteiger partial charge in [-0.2, -0.15) is 0 Å². The van der Waals surface area contributed by atoms with Gasteiger partial charge in [-0.1, -0.05) is 0 Å². The Morgan fingerprint density at radius 3 is 2.92 bits per heavy atom. The van der Waals surface area contributed by atoms with Crippen molar-refractivity contribution in [2.45, 2.75) is 11.8 Å². The van der Waals surface area contributed by atoms with E-state index in [2.05, 4.69) is 27.0 Å². The number of hydrogen-bond donors (Lipinski definition) is 1. The van der Waals surface area contributed by atoms with Crippen molar-refractivity contribution in [2.24, 2.45) is 4.99 Å². The molecule has 0 aliphatic carbocycles. The molecule has 0 fully saturated rings. The first-order valence-electron chi connectivity index (χ1n) is 7.70. The molecule has 0 saturated carbocycles. The van der Waals surface area contributed by atoms with Crippen LogP contribution < -0.4 is 10.1 Å². The molecule has 25 heavy (non-hydrogen) atoms. The van der Waals surface area contributed by atoms with Crippen molar-refractivity contribution in [2.75, 3.05) is 13.0 Å². The van der Waals surface area contributed by atoms with Crippen LogP contribution in [0.4, 0.5) is 0 Å². The van der Waals surface area contributed by atoms with Gasteiger partial charge in [0.05, 0.1) is 24.4 Å². The highest BCUT2D eigenvalue weighted by molar-refractivity contribution is 7.99. The normalized spacial score (nSPS) is 11.5. The number of aliphatic imine (C=N–C) groups is 1. The fourth-order valence-corrected chi connectivity index (χ4v) is 3.09. The van der Waals surface area contributed by atoms with Crippen molar-refractivity contribution < 1.29 is 4.74 Å². The van der Waals surface area contributed by atoms with E-state index in [0.29, 0.717) is 11.7 Å². The Hall–Kier alpha value is -2.80. The number of benzene rings is 1. The topological polar surface area (TPSA) is 63.8 Å². The summed E-state index contributed by atoms with van der Waals surface area (Å²) in [7, 11) is 1.66. The van der Waals surface area contributed by atoms with Gasteiger partial charge in [0.25, 0.3) is 0 Å². The molecule has 7 heteroatoms. The zero-order chi connectivity index (χ0) is 17.6. The standard InChI is InChI=1S/C18H19N5OS/c1-13-17(23-10-4-9-21-18(23)22-13)16(19-2)11-20-12-25-15-7-5-14(24-3)6-8-15/h4-11,20H,2,12H2,1,3H3/b16-11-. The minimum Gasteiger partial charge on any atom is -0.497 e. The maximum absolute atomic E-state index is 5.16. The molecular formula is C18H19N5OS. The summed E-state index contributed by atoms with van der Waals surface area (Å²) >= 11 is 1.69. The van der Waals surface area contributed by atoms with Crippen LogP contribution in [0.2, 0.25) is 0 Å². The van der Waals surface area contributed by atoms with Gasteiger partial charge in [-0.25, -0.2) is 9.97 Å². The first kappa shape index (κ1) is 17.0. The zero-order valence-electron chi connectivity index (χ0n) is 14.1. The number of methoxy groups -OCH3 is 1. The number of thioether (sulfide) groups is 1. The number of imidazole rings is 1. The summed E-state index contributed by atoms with van der Waals surface area (Å²) in [4.78, 5) is 14.0. The number of fused-ring (bicyclic) bond motifs is 1. The minimum absolute atomic E-state index is 0.650. The van der Waals surface area contributed by atoms with E-state index in [1.165, 1.54) is 0 Å². The summed E-state index contributed by atoms with van der Waals surface area (Å²) in [6, 6.07) is 9.82. The average molecular weight is 353 g/mol. The van der Waals surface area contributed by atoms with Crippen LogP contribution in [0.5, 0.6) is 5.75 Å². The molecule has 2 heterocycles. The summed E-state index contributed by atoms with van der Waals surface area (Å²) in [5, 5.41) is 3.27. The molecule has 1 aromatic carbocycles. The lowest BCUT2D eigenvalue weighted by atomic mass is 10.3. The molecule has 0 bridgehead atoms. The van der Waals surface area contributed by atoms with E-state index in [0.717, 1.165) is 27.7 Å². The molecule has 0 radical (unpaired) electrons. The molecule has 3 rings (SSSR count). The number of rotatable bonds is 7. The van der Waals surface area contributed by atoms with E-state index < -0.39 is 0 Å². The van der Waals surface area contributed by atoms with Crippen molar-refractivity contribution in [3.63, 3.8) is 0 Å². The van der Waals surface area contributed by atoms with Gasteiger partial charge in [0.15, 0.2) is 0 Å². The lowest BCUT2D eigenvalue weighted by molar-refractivity contribution is 0.414. The van der Waals surface area contributed by atoms with Gasteiger partial charge in [-0.05, 0) is 44.0 Å². The lowest BCUT2D eigenvalue weighted by Gasteiger charge is -2.06. The van der Waals surface area contributed by atoms with E-state index >= 15 is 0 Å². The van der Waals surface area contributed by atoms with Gasteiger partial charge < -0.3 is 10.1 Å². The monoisotopic (exact) mass is 353 g/mol. The molecule has 0 spiro atoms. The molecule has 2 aromatic heterocycles. The molecular weight excluding hydrogens is 334 g/mol. The van der Waals surface area contributed by atoms with Gasteiger partial charge >= 0.3 is 0 Å². The molecule has 0 atom stereocenters. The first-order chi connectivity index (χ1) is 12.2. The SMILES string of the molecule is C=N/C(=C\NCSc1ccc(OC)cc1)c1c(C)nc2ncccn12. The molecule has 0 aliphatic heterocycles. The molecule has 6 nitrogen and oxygen atoms in total. The molecule has 128 valence electrons. The van der Waals surface area contributed by atoms with Crippen LogP contribution >= 0.6 is 11.8 Å². The van der Waals surface area contributed by atoms with E-state index in [1.54, 1.807) is 25.1 Å². The van der Waals surface area contributed by atoms with Crippen LogP contribution in [-0.4, -0.2) is 34.1 Å². The first-order valence-corrected chi connectivity index (χ1v) is 8.68. The van der Waals surface area contributed by atoms with Gasteiger partial charge in [0, 0.05) is 23.5 Å². The summed E-state index contributed by atoms with van der Waals surface area (Å²) < 4.78 is 7.07. The van der Waals surface area contributed by atoms with Crippen LogP contribution in [0.1, 0.15) is 11.4 Å². The highest BCUT2D eigenvalue weighted by Gasteiger charge is 2.12. The Morgan fingerprint density at radius 2 is 2.20 bits per heavy atom. The molecule has 1 N–H and O–H groups in total. The Bertz CT molecular complexity index is 901. The second-order valence-electron chi connectivity index (χ2n) is 5.19. The van der Waals surface area contributed by atoms with Crippen LogP contribution in [0.25, 0.3) is 11.5 Å². The van der Waals surface area contributed by atoms with Crippen molar-refractivity contribution in [3.8, 4) is 5.75 Å². The molecule has 0 amide bonds. The van der Waals surface area contributed by atoms with Crippen molar-refractivity contribution in [3.05, 3.63) is 60.3 Å². The van der Waals surface area contributed by atoms with Gasteiger partial charge in [-0.3, -0.25) is 9.39 Å². The Morgan fingerprint density at radius 1 is 1.40 bits per heavy atom. The van der Waals surface area contributed by atoms with Crippen LogP contribution in [0.15, 0.2) is 58.8 Å². The Kier molecular flexibility index (Phi) is 5.35. The highest BCUT2D eigenvalue weighted by Crippen LogP contribution is 2.22. The van der Waals surface area contributed by atoms with Gasteiger partial charge in [0.1, 0.15) is 11.4 Å². The quantitative estimate of drug-likeness (QED) is 0.305. The Labute approximate surface area is 150 Å². The summed E-state index contributed by atoms with van der Waals surface area (Å²) in [6.45, 7) is 5.62. The molecule has 0 aliphatic rings. The van der Waals surface area contributed by atoms with Crippen LogP contribution in [0, 0.1) is 6.92 Å². The van der Waals surface area contributed by atoms with Crippen molar-refractivity contribution in [1.82, 2.24) is 19.7 Å². The fraction of sp³-hybridized carbons (Fsp3) is 0.167. The predicted molar refractivity (Wildman–Crippen MR) is 102 cm³/mol. The largest absolute Gasteiger partial charge is 0.497 e. The second-order valence-corrected chi connectivity index (χ2v) is 6.24. The average Bonchev–Trinajstić information content (AvgIpc) is 2.98. The number of aryl methyl sites for hydroxylation is 1. The van der Waals surface area contributed by atoms with E-state index in [-0.39, 0.29) is 0 Å². The maximum Gasteiger partial charge on any atom is 0.234 e. The number of nitrogens with one attached hydrogen (secondary N) is 1. The van der Waals surface area contributed by atoms with Crippen LogP contribution in [-0.2, 0) is 0 Å². The Balaban J connectivity index is 1.70. The lowest BCUT2D eigenvalue weighted by Crippen LogP contribution is -2.05. The zero-order valence-corrected chi connectivity index (χ0v) is 15.0. The molecule has 0 unspecified atom stereocenters. The highest BCUT2D eigenvalue weighted by atomic mass is 32.2. The second kappa shape index (κ2) is 7.85. The third-order valence-electron chi connectivity index (χ3n) is 3.61. The maximum atomic E-state index is 5.16. The van der Waals surface area contributed by atoms with Crippen LogP contribution in [0.3, 0.4) is 0 Å². The van der Waals surface area contributed by atoms with E-state index in [9.17, 15) is 0 Å². The van der Waals surface area contributed by atoms with E-state index in [4.69, 9.17) is 4.74 Å². The number of aromatic nitrogens is 3. The number of ether oxygens (including phenoxy) is 1. The van der Waals surface area contributed by atoms with Crippen molar-refractivity contribution >= 4 is 30.0 Å².